The van der Waals surface area contributed by atoms with Crippen molar-refractivity contribution in [3.63, 3.8) is 0 Å². The molecule has 23 heavy (non-hydrogen) atoms. The average Bonchev–Trinajstić information content (AvgIpc) is 2.54. The highest BCUT2D eigenvalue weighted by atomic mass is 35.5. The van der Waals surface area contributed by atoms with E-state index in [1.165, 1.54) is 24.3 Å². The van der Waals surface area contributed by atoms with Crippen molar-refractivity contribution < 1.29 is 9.72 Å². The van der Waals surface area contributed by atoms with Crippen LogP contribution in [0.4, 0.5) is 11.4 Å². The minimum Gasteiger partial charge on any atom is -0.322 e. The minimum atomic E-state index is -0.601. The summed E-state index contributed by atoms with van der Waals surface area (Å²) < 4.78 is 0. The largest absolute Gasteiger partial charge is 0.322 e. The maximum atomic E-state index is 11.8. The summed E-state index contributed by atoms with van der Waals surface area (Å²) in [5.41, 5.74) is 1.08. The summed E-state index contributed by atoms with van der Waals surface area (Å²) in [6.45, 7) is 0. The van der Waals surface area contributed by atoms with E-state index < -0.39 is 4.92 Å². The number of nitrogens with one attached hydrogen (secondary N) is 1. The molecule has 0 bridgehead atoms. The van der Waals surface area contributed by atoms with Crippen molar-refractivity contribution >= 4 is 35.0 Å². The van der Waals surface area contributed by atoms with E-state index in [1.807, 2.05) is 36.4 Å². The lowest BCUT2D eigenvalue weighted by Crippen LogP contribution is -2.07. The molecule has 1 amide bonds. The standard InChI is InChI=1S/C17H13ClN2O3/c18-15-11-10-14(12-16(15)20(22)23)19-17(21)9-5-4-8-13-6-2-1-3-7-13/h1-12H,(H,19,21)/b8-4+,9-5+. The van der Waals surface area contributed by atoms with E-state index in [9.17, 15) is 14.9 Å². The lowest BCUT2D eigenvalue weighted by molar-refractivity contribution is -0.384. The molecule has 1 N–H and O–H groups in total. The zero-order chi connectivity index (χ0) is 16.7. The summed E-state index contributed by atoms with van der Waals surface area (Å²) >= 11 is 5.71. The Morgan fingerprint density at radius 1 is 1.13 bits per heavy atom. The Bertz CT molecular complexity index is 771. The van der Waals surface area contributed by atoms with Gasteiger partial charge in [0.1, 0.15) is 5.02 Å². The number of carbonyl (C=O) groups is 1. The number of halogens is 1. The smallest absolute Gasteiger partial charge is 0.289 e. The fraction of sp³-hybridized carbons (Fsp3) is 0. The highest BCUT2D eigenvalue weighted by Crippen LogP contribution is 2.27. The Balaban J connectivity index is 1.97. The van der Waals surface area contributed by atoms with Gasteiger partial charge in [-0.2, -0.15) is 0 Å². The van der Waals surface area contributed by atoms with Crippen molar-refractivity contribution in [2.75, 3.05) is 5.32 Å². The molecule has 0 aliphatic rings. The summed E-state index contributed by atoms with van der Waals surface area (Å²) in [6.07, 6.45) is 6.52. The van der Waals surface area contributed by atoms with E-state index in [4.69, 9.17) is 11.6 Å². The van der Waals surface area contributed by atoms with Crippen LogP contribution in [0.1, 0.15) is 5.56 Å². The first kappa shape index (κ1) is 16.5. The molecule has 0 aliphatic carbocycles. The van der Waals surface area contributed by atoms with Gasteiger partial charge in [0.05, 0.1) is 4.92 Å². The number of hydrogen-bond acceptors (Lipinski definition) is 3. The molecule has 0 heterocycles. The Hall–Kier alpha value is -2.92. The third kappa shape index (κ3) is 5.09. The summed E-state index contributed by atoms with van der Waals surface area (Å²) in [4.78, 5) is 21.9. The van der Waals surface area contributed by atoms with Gasteiger partial charge in [-0.3, -0.25) is 14.9 Å². The van der Waals surface area contributed by atoms with Crippen LogP contribution in [0.3, 0.4) is 0 Å². The van der Waals surface area contributed by atoms with Crippen molar-refractivity contribution in [2.45, 2.75) is 0 Å². The van der Waals surface area contributed by atoms with Crippen molar-refractivity contribution in [3.05, 3.63) is 87.5 Å². The Morgan fingerprint density at radius 3 is 2.57 bits per heavy atom. The Morgan fingerprint density at radius 2 is 1.87 bits per heavy atom. The number of nitrogens with zero attached hydrogens (tertiary/aromatic N) is 1. The fourth-order valence-electron chi connectivity index (χ4n) is 1.79. The van der Waals surface area contributed by atoms with Gasteiger partial charge in [0.15, 0.2) is 0 Å². The van der Waals surface area contributed by atoms with Gasteiger partial charge in [0.25, 0.3) is 5.69 Å². The minimum absolute atomic E-state index is 0.0225. The molecule has 6 heteroatoms. The second-order valence-electron chi connectivity index (χ2n) is 4.54. The molecule has 2 aromatic rings. The average molecular weight is 329 g/mol. The number of rotatable bonds is 5. The molecular weight excluding hydrogens is 316 g/mol. The second-order valence-corrected chi connectivity index (χ2v) is 4.95. The summed E-state index contributed by atoms with van der Waals surface area (Å²) in [5, 5.41) is 13.4. The van der Waals surface area contributed by atoms with Gasteiger partial charge in [0.2, 0.25) is 5.91 Å². The molecule has 0 saturated heterocycles. The van der Waals surface area contributed by atoms with Crippen molar-refractivity contribution in [1.29, 1.82) is 0 Å². The number of carbonyl (C=O) groups excluding carboxylic acids is 1. The third-order valence-electron chi connectivity index (χ3n) is 2.86. The zero-order valence-corrected chi connectivity index (χ0v) is 12.7. The molecule has 0 aliphatic heterocycles. The van der Waals surface area contributed by atoms with Gasteiger partial charge in [-0.05, 0) is 17.7 Å². The lowest BCUT2D eigenvalue weighted by Gasteiger charge is -2.02. The number of amides is 1. The number of anilines is 1. The Kier molecular flexibility index (Phi) is 5.66. The van der Waals surface area contributed by atoms with Gasteiger partial charge in [-0.25, -0.2) is 0 Å². The summed E-state index contributed by atoms with van der Waals surface area (Å²) in [5.74, 6) is -0.390. The molecule has 0 spiro atoms. The van der Waals surface area contributed by atoms with E-state index in [1.54, 1.807) is 12.2 Å². The van der Waals surface area contributed by atoms with Gasteiger partial charge in [-0.15, -0.1) is 0 Å². The molecule has 2 aromatic carbocycles. The van der Waals surface area contributed by atoms with Gasteiger partial charge in [-0.1, -0.05) is 60.2 Å². The molecule has 116 valence electrons. The van der Waals surface area contributed by atoms with Gasteiger partial charge < -0.3 is 5.32 Å². The molecule has 5 nitrogen and oxygen atoms in total. The van der Waals surface area contributed by atoms with Crippen LogP contribution in [0, 0.1) is 10.1 Å². The second kappa shape index (κ2) is 7.91. The van der Waals surface area contributed by atoms with E-state index >= 15 is 0 Å². The van der Waals surface area contributed by atoms with Crippen LogP contribution >= 0.6 is 11.6 Å². The molecular formula is C17H13ClN2O3. The lowest BCUT2D eigenvalue weighted by atomic mass is 10.2. The number of allylic oxidation sites excluding steroid dienone is 2. The van der Waals surface area contributed by atoms with Crippen LogP contribution in [-0.2, 0) is 4.79 Å². The van der Waals surface area contributed by atoms with Crippen molar-refractivity contribution in [1.82, 2.24) is 0 Å². The highest BCUT2D eigenvalue weighted by Gasteiger charge is 2.13. The first-order valence-corrected chi connectivity index (χ1v) is 7.09. The monoisotopic (exact) mass is 328 g/mol. The Labute approximate surface area is 138 Å². The quantitative estimate of drug-likeness (QED) is 0.381. The third-order valence-corrected chi connectivity index (χ3v) is 3.18. The number of hydrogen-bond donors (Lipinski definition) is 1. The van der Waals surface area contributed by atoms with E-state index in [0.29, 0.717) is 5.69 Å². The van der Waals surface area contributed by atoms with Crippen molar-refractivity contribution in [2.24, 2.45) is 0 Å². The number of nitro groups is 1. The molecule has 0 unspecified atom stereocenters. The van der Waals surface area contributed by atoms with Gasteiger partial charge >= 0.3 is 0 Å². The predicted octanol–water partition coefficient (Wildman–Crippen LogP) is 4.46. The van der Waals surface area contributed by atoms with Crippen LogP contribution in [-0.4, -0.2) is 10.8 Å². The SMILES string of the molecule is O=C(/C=C/C=C/c1ccccc1)Nc1ccc(Cl)c([N+](=O)[O-])c1. The molecule has 0 atom stereocenters. The van der Waals surface area contributed by atoms with Crippen LogP contribution in [0.2, 0.25) is 5.02 Å². The van der Waals surface area contributed by atoms with Crippen molar-refractivity contribution in [3.8, 4) is 0 Å². The maximum absolute atomic E-state index is 11.8. The highest BCUT2D eigenvalue weighted by molar-refractivity contribution is 6.32. The van der Waals surface area contributed by atoms with Gasteiger partial charge in [0, 0.05) is 17.8 Å². The first-order chi connectivity index (χ1) is 11.1. The molecule has 0 fully saturated rings. The van der Waals surface area contributed by atoms with Crippen LogP contribution < -0.4 is 5.32 Å². The van der Waals surface area contributed by atoms with E-state index in [0.717, 1.165) is 5.56 Å². The summed E-state index contributed by atoms with van der Waals surface area (Å²) in [7, 11) is 0. The first-order valence-electron chi connectivity index (χ1n) is 6.71. The normalized spacial score (nSPS) is 11.0. The molecule has 2 rings (SSSR count). The van der Waals surface area contributed by atoms with E-state index in [2.05, 4.69) is 5.32 Å². The maximum Gasteiger partial charge on any atom is 0.289 e. The topological polar surface area (TPSA) is 72.2 Å². The fourth-order valence-corrected chi connectivity index (χ4v) is 1.97. The van der Waals surface area contributed by atoms with Crippen LogP contribution in [0.15, 0.2) is 66.8 Å². The predicted molar refractivity (Wildman–Crippen MR) is 91.4 cm³/mol. The van der Waals surface area contributed by atoms with E-state index in [-0.39, 0.29) is 16.6 Å². The van der Waals surface area contributed by atoms with Crippen LogP contribution in [0.25, 0.3) is 6.08 Å². The summed E-state index contributed by atoms with van der Waals surface area (Å²) in [6, 6.07) is 13.7. The number of benzene rings is 2. The molecule has 0 radical (unpaired) electrons. The van der Waals surface area contributed by atoms with Crippen LogP contribution in [0.5, 0.6) is 0 Å². The molecule has 0 saturated carbocycles. The molecule has 0 aromatic heterocycles. The zero-order valence-electron chi connectivity index (χ0n) is 12.0. The number of nitro benzene ring substituents is 1.